The smallest absolute Gasteiger partial charge is 0.462 e. The van der Waals surface area contributed by atoms with Gasteiger partial charge in [-0.05, 0) is 44.9 Å². The van der Waals surface area contributed by atoms with E-state index in [9.17, 15) is 14.2 Å². The van der Waals surface area contributed by atoms with E-state index in [2.05, 4.69) is 42.7 Å². The molecule has 0 saturated carbocycles. The Bertz CT molecular complexity index is 716. The summed E-state index contributed by atoms with van der Waals surface area (Å²) in [5.41, 5.74) is 0. The van der Waals surface area contributed by atoms with E-state index in [0.29, 0.717) is 12.8 Å². The van der Waals surface area contributed by atoms with Gasteiger partial charge in [0.05, 0.1) is 6.61 Å². The Morgan fingerprint density at radius 3 is 1.70 bits per heavy atom. The van der Waals surface area contributed by atoms with Gasteiger partial charge in [-0.3, -0.25) is 14.1 Å². The van der Waals surface area contributed by atoms with Crippen LogP contribution in [0.2, 0.25) is 0 Å². The molecule has 0 heterocycles. The van der Waals surface area contributed by atoms with Crippen LogP contribution < -0.4 is 0 Å². The maximum absolute atomic E-state index is 12.2. The summed E-state index contributed by atoms with van der Waals surface area (Å²) in [5, 5.41) is 0. The average Bonchev–Trinajstić information content (AvgIpc) is 2.91. The number of allylic oxidation sites excluding steroid dienone is 4. The van der Waals surface area contributed by atoms with E-state index in [1.165, 1.54) is 57.8 Å². The second kappa shape index (κ2) is 27.7. The highest BCUT2D eigenvalue weighted by molar-refractivity contribution is 7.46. The molecular formula is C31H57O8P. The molecule has 0 amide bonds. The molecule has 8 nitrogen and oxygen atoms in total. The Balaban J connectivity index is 4.06. The lowest BCUT2D eigenvalue weighted by Gasteiger charge is -2.18. The zero-order valence-corrected chi connectivity index (χ0v) is 26.1. The average molecular weight is 589 g/mol. The van der Waals surface area contributed by atoms with Gasteiger partial charge in [0.1, 0.15) is 6.61 Å². The molecule has 0 radical (unpaired) electrons. The first-order valence-corrected chi connectivity index (χ1v) is 17.2. The molecule has 0 saturated heterocycles. The number of rotatable bonds is 28. The summed E-state index contributed by atoms with van der Waals surface area (Å²) in [6, 6.07) is 0. The zero-order chi connectivity index (χ0) is 29.7. The summed E-state index contributed by atoms with van der Waals surface area (Å²) in [6.45, 7) is 3.56. The molecular weight excluding hydrogens is 531 g/mol. The van der Waals surface area contributed by atoms with Crippen molar-refractivity contribution in [2.45, 2.75) is 148 Å². The number of carbonyl (C=O) groups excluding carboxylic acids is 2. The summed E-state index contributed by atoms with van der Waals surface area (Å²) in [5.74, 6) is -0.932. The molecule has 0 spiro atoms. The third-order valence-corrected chi connectivity index (χ3v) is 6.96. The second-order valence-corrected chi connectivity index (χ2v) is 11.7. The minimum absolute atomic E-state index is 0.205. The van der Waals surface area contributed by atoms with E-state index >= 15 is 0 Å². The minimum Gasteiger partial charge on any atom is -0.462 e. The lowest BCUT2D eigenvalue weighted by atomic mass is 10.1. The summed E-state index contributed by atoms with van der Waals surface area (Å²) in [4.78, 5) is 42.2. The molecule has 1 atom stereocenters. The van der Waals surface area contributed by atoms with Crippen LogP contribution in [0.25, 0.3) is 0 Å². The SMILES string of the molecule is CCCCCCCC/C=C/C/C=C/CCCCC(=O)OC[C@H](COP(=O)(O)O)OC(=O)CCCCCCCCC. The van der Waals surface area contributed by atoms with Gasteiger partial charge in [-0.25, -0.2) is 4.57 Å². The highest BCUT2D eigenvalue weighted by Gasteiger charge is 2.22. The zero-order valence-electron chi connectivity index (χ0n) is 25.2. The van der Waals surface area contributed by atoms with Crippen molar-refractivity contribution in [3.63, 3.8) is 0 Å². The predicted octanol–water partition coefficient (Wildman–Crippen LogP) is 8.50. The Morgan fingerprint density at radius 1 is 0.650 bits per heavy atom. The molecule has 0 rings (SSSR count). The Labute approximate surface area is 243 Å². The van der Waals surface area contributed by atoms with E-state index in [1.807, 2.05) is 0 Å². The molecule has 0 unspecified atom stereocenters. The summed E-state index contributed by atoms with van der Waals surface area (Å²) < 4.78 is 26.0. The first-order valence-electron chi connectivity index (χ1n) is 15.6. The fourth-order valence-corrected chi connectivity index (χ4v) is 4.47. The molecule has 40 heavy (non-hydrogen) atoms. The molecule has 0 bridgehead atoms. The van der Waals surface area contributed by atoms with Crippen LogP contribution in [0.15, 0.2) is 24.3 Å². The molecule has 0 aliphatic carbocycles. The van der Waals surface area contributed by atoms with E-state index in [0.717, 1.165) is 44.9 Å². The van der Waals surface area contributed by atoms with Crippen LogP contribution >= 0.6 is 7.82 Å². The molecule has 0 fully saturated rings. The molecule has 0 aromatic carbocycles. The van der Waals surface area contributed by atoms with Gasteiger partial charge in [-0.2, -0.15) is 0 Å². The highest BCUT2D eigenvalue weighted by Crippen LogP contribution is 2.35. The van der Waals surface area contributed by atoms with Crippen LogP contribution in [0.3, 0.4) is 0 Å². The topological polar surface area (TPSA) is 119 Å². The van der Waals surface area contributed by atoms with Gasteiger partial charge in [0.15, 0.2) is 6.10 Å². The van der Waals surface area contributed by atoms with Crippen molar-refractivity contribution < 1.29 is 37.9 Å². The van der Waals surface area contributed by atoms with E-state index < -0.39 is 32.5 Å². The summed E-state index contributed by atoms with van der Waals surface area (Å²) >= 11 is 0. The van der Waals surface area contributed by atoms with Crippen LogP contribution in [0, 0.1) is 0 Å². The van der Waals surface area contributed by atoms with Crippen LogP contribution in [-0.2, 0) is 28.2 Å². The normalized spacial score (nSPS) is 12.8. The van der Waals surface area contributed by atoms with Gasteiger partial charge < -0.3 is 19.3 Å². The number of phosphoric acid groups is 1. The fourth-order valence-electron chi connectivity index (χ4n) is 4.11. The van der Waals surface area contributed by atoms with Crippen LogP contribution in [0.5, 0.6) is 0 Å². The third-order valence-electron chi connectivity index (χ3n) is 6.47. The molecule has 9 heteroatoms. The monoisotopic (exact) mass is 588 g/mol. The number of hydrogen-bond donors (Lipinski definition) is 2. The third kappa shape index (κ3) is 29.5. The van der Waals surface area contributed by atoms with E-state index in [-0.39, 0.29) is 19.4 Å². The van der Waals surface area contributed by atoms with Crippen molar-refractivity contribution >= 4 is 19.8 Å². The highest BCUT2D eigenvalue weighted by atomic mass is 31.2. The predicted molar refractivity (Wildman–Crippen MR) is 161 cm³/mol. The molecule has 0 aliphatic heterocycles. The molecule has 0 aromatic heterocycles. The molecule has 2 N–H and O–H groups in total. The fraction of sp³-hybridized carbons (Fsp3) is 0.806. The number of unbranched alkanes of at least 4 members (excludes halogenated alkanes) is 14. The summed E-state index contributed by atoms with van der Waals surface area (Å²) in [7, 11) is -4.74. The Hall–Kier alpha value is -1.47. The molecule has 234 valence electrons. The van der Waals surface area contributed by atoms with Crippen molar-refractivity contribution in [2.75, 3.05) is 13.2 Å². The maximum Gasteiger partial charge on any atom is 0.469 e. The number of carbonyl (C=O) groups is 2. The number of phosphoric ester groups is 1. The first-order chi connectivity index (χ1) is 19.3. The van der Waals surface area contributed by atoms with Crippen molar-refractivity contribution in [3.8, 4) is 0 Å². The lowest BCUT2D eigenvalue weighted by molar-refractivity contribution is -0.161. The standard InChI is InChI=1S/C31H57O8P/c1-3-5-7-9-11-12-13-14-15-16-17-18-20-21-23-25-30(32)37-27-29(28-38-40(34,35)36)39-31(33)26-24-22-19-10-8-6-4-2/h14-15,17-18,29H,3-13,16,19-28H2,1-2H3,(H2,34,35,36)/b15-14+,18-17+/t29-/m1/s1. The molecule has 0 aromatic rings. The van der Waals surface area contributed by atoms with Gasteiger partial charge in [0, 0.05) is 12.8 Å². The number of ether oxygens (including phenoxy) is 2. The van der Waals surface area contributed by atoms with E-state index in [4.69, 9.17) is 19.3 Å². The number of hydrogen-bond acceptors (Lipinski definition) is 6. The van der Waals surface area contributed by atoms with Crippen LogP contribution in [0.1, 0.15) is 142 Å². The van der Waals surface area contributed by atoms with Crippen LogP contribution in [0.4, 0.5) is 0 Å². The first kappa shape index (κ1) is 38.5. The van der Waals surface area contributed by atoms with Crippen molar-refractivity contribution in [2.24, 2.45) is 0 Å². The van der Waals surface area contributed by atoms with Gasteiger partial charge >= 0.3 is 19.8 Å². The van der Waals surface area contributed by atoms with Crippen molar-refractivity contribution in [1.29, 1.82) is 0 Å². The second-order valence-electron chi connectivity index (χ2n) is 10.4. The maximum atomic E-state index is 12.2. The van der Waals surface area contributed by atoms with Gasteiger partial charge in [-0.1, -0.05) is 109 Å². The summed E-state index contributed by atoms with van der Waals surface area (Å²) in [6.07, 6.45) is 27.9. The lowest BCUT2D eigenvalue weighted by Crippen LogP contribution is -2.29. The van der Waals surface area contributed by atoms with Crippen molar-refractivity contribution in [1.82, 2.24) is 0 Å². The Morgan fingerprint density at radius 2 is 1.12 bits per heavy atom. The minimum atomic E-state index is -4.74. The molecule has 0 aliphatic rings. The largest absolute Gasteiger partial charge is 0.469 e. The number of esters is 2. The van der Waals surface area contributed by atoms with Crippen molar-refractivity contribution in [3.05, 3.63) is 24.3 Å². The van der Waals surface area contributed by atoms with Gasteiger partial charge in [0.2, 0.25) is 0 Å². The Kier molecular flexibility index (Phi) is 26.7. The van der Waals surface area contributed by atoms with Gasteiger partial charge in [0.25, 0.3) is 0 Å². The van der Waals surface area contributed by atoms with Gasteiger partial charge in [-0.15, -0.1) is 0 Å². The van der Waals surface area contributed by atoms with Crippen LogP contribution in [-0.4, -0.2) is 41.0 Å². The quantitative estimate of drug-likeness (QED) is 0.0404. The van der Waals surface area contributed by atoms with E-state index in [1.54, 1.807) is 0 Å².